The monoisotopic (exact) mass is 514 g/mol. The van der Waals surface area contributed by atoms with E-state index in [1.54, 1.807) is 12.2 Å². The van der Waals surface area contributed by atoms with E-state index in [2.05, 4.69) is 35.2 Å². The zero-order chi connectivity index (χ0) is 26.4. The van der Waals surface area contributed by atoms with Crippen LogP contribution < -0.4 is 9.80 Å². The van der Waals surface area contributed by atoms with Crippen molar-refractivity contribution in [3.05, 3.63) is 89.0 Å². The third-order valence-electron chi connectivity index (χ3n) is 7.01. The summed E-state index contributed by atoms with van der Waals surface area (Å²) in [6.45, 7) is 1.93. The van der Waals surface area contributed by atoms with Gasteiger partial charge in [0.1, 0.15) is 0 Å². The summed E-state index contributed by atoms with van der Waals surface area (Å²) in [7, 11) is 4.05. The Labute approximate surface area is 225 Å². The van der Waals surface area contributed by atoms with Crippen molar-refractivity contribution in [3.8, 4) is 11.1 Å². The van der Waals surface area contributed by atoms with E-state index in [1.807, 2.05) is 55.4 Å². The van der Waals surface area contributed by atoms with Gasteiger partial charge in [0.2, 0.25) is 5.91 Å². The van der Waals surface area contributed by atoms with Crippen LogP contribution in [0.5, 0.6) is 0 Å². The van der Waals surface area contributed by atoms with Crippen molar-refractivity contribution < 1.29 is 9.59 Å². The fraction of sp³-hybridized carbons (Fsp3) is 0.312. The molecule has 1 aliphatic carbocycles. The lowest BCUT2D eigenvalue weighted by atomic mass is 9.88. The first-order chi connectivity index (χ1) is 17.8. The molecule has 0 radical (unpaired) electrons. The fourth-order valence-electron chi connectivity index (χ4n) is 4.85. The van der Waals surface area contributed by atoms with Gasteiger partial charge in [-0.3, -0.25) is 9.59 Å². The summed E-state index contributed by atoms with van der Waals surface area (Å²) in [4.78, 5) is 29.2. The average Bonchev–Trinajstić information content (AvgIpc) is 2.91. The molecule has 1 saturated carbocycles. The minimum atomic E-state index is -0.0104. The molecule has 0 unspecified atom stereocenters. The second-order valence-electron chi connectivity index (χ2n) is 10.0. The van der Waals surface area contributed by atoms with Crippen molar-refractivity contribution >= 4 is 40.7 Å². The molecule has 0 N–H and O–H groups in total. The van der Waals surface area contributed by atoms with Gasteiger partial charge in [-0.1, -0.05) is 73.3 Å². The molecule has 0 atom stereocenters. The number of benzene rings is 3. The second kappa shape index (κ2) is 12.2. The first kappa shape index (κ1) is 26.7. The van der Waals surface area contributed by atoms with Crippen molar-refractivity contribution in [3.63, 3.8) is 0 Å². The number of halogens is 1. The summed E-state index contributed by atoms with van der Waals surface area (Å²) in [5.74, 6) is 0.161. The number of ketones is 1. The van der Waals surface area contributed by atoms with Crippen molar-refractivity contribution in [1.29, 1.82) is 0 Å². The van der Waals surface area contributed by atoms with E-state index in [0.717, 1.165) is 59.3 Å². The maximum absolute atomic E-state index is 13.8. The molecule has 0 heterocycles. The molecule has 1 fully saturated rings. The van der Waals surface area contributed by atoms with Crippen LogP contribution in [0.2, 0.25) is 5.02 Å². The molecule has 5 heteroatoms. The van der Waals surface area contributed by atoms with E-state index in [4.69, 9.17) is 11.6 Å². The normalized spacial score (nSPS) is 14.1. The van der Waals surface area contributed by atoms with Gasteiger partial charge in [0.05, 0.1) is 6.54 Å². The molecule has 0 aromatic heterocycles. The zero-order valence-electron chi connectivity index (χ0n) is 21.9. The van der Waals surface area contributed by atoms with Gasteiger partial charge in [-0.05, 0) is 78.4 Å². The number of nitrogens with zero attached hydrogens (tertiary/aromatic N) is 2. The minimum Gasteiger partial charge on any atom is -0.378 e. The first-order valence-electron chi connectivity index (χ1n) is 13.0. The van der Waals surface area contributed by atoms with Crippen molar-refractivity contribution in [2.24, 2.45) is 5.92 Å². The molecule has 192 valence electrons. The van der Waals surface area contributed by atoms with Gasteiger partial charge in [0, 0.05) is 36.4 Å². The summed E-state index contributed by atoms with van der Waals surface area (Å²) < 4.78 is 0. The Bertz CT molecular complexity index is 1270. The van der Waals surface area contributed by atoms with Gasteiger partial charge in [-0.15, -0.1) is 0 Å². The Kier molecular flexibility index (Phi) is 8.83. The van der Waals surface area contributed by atoms with Crippen LogP contribution in [-0.4, -0.2) is 25.8 Å². The summed E-state index contributed by atoms with van der Waals surface area (Å²) in [5.41, 5.74) is 5.89. The third-order valence-corrected chi connectivity index (χ3v) is 7.36. The van der Waals surface area contributed by atoms with Crippen LogP contribution in [-0.2, 0) is 16.1 Å². The van der Waals surface area contributed by atoms with Crippen LogP contribution in [0.4, 0.5) is 11.4 Å². The highest BCUT2D eigenvalue weighted by molar-refractivity contribution is 6.31. The van der Waals surface area contributed by atoms with Gasteiger partial charge in [-0.25, -0.2) is 0 Å². The Morgan fingerprint density at radius 1 is 0.892 bits per heavy atom. The van der Waals surface area contributed by atoms with Gasteiger partial charge >= 0.3 is 0 Å². The van der Waals surface area contributed by atoms with Crippen LogP contribution >= 0.6 is 11.6 Å². The van der Waals surface area contributed by atoms with Crippen LogP contribution in [0.15, 0.2) is 72.8 Å². The number of anilines is 2. The molecule has 3 aromatic rings. The topological polar surface area (TPSA) is 40.6 Å². The number of hydrogen-bond donors (Lipinski definition) is 0. The maximum atomic E-state index is 13.8. The Morgan fingerprint density at radius 2 is 1.59 bits per heavy atom. The molecule has 4 rings (SSSR count). The van der Waals surface area contributed by atoms with E-state index >= 15 is 0 Å². The van der Waals surface area contributed by atoms with Gasteiger partial charge in [0.25, 0.3) is 0 Å². The Morgan fingerprint density at radius 3 is 2.24 bits per heavy atom. The summed E-state index contributed by atoms with van der Waals surface area (Å²) >= 11 is 6.80. The minimum absolute atomic E-state index is 0.0104. The van der Waals surface area contributed by atoms with E-state index in [0.29, 0.717) is 11.6 Å². The summed E-state index contributed by atoms with van der Waals surface area (Å²) in [6.07, 6.45) is 8.56. The lowest BCUT2D eigenvalue weighted by Crippen LogP contribution is -2.36. The number of carbonyl (C=O) groups excluding carboxylic acids is 2. The zero-order valence-corrected chi connectivity index (χ0v) is 22.7. The lowest BCUT2D eigenvalue weighted by molar-refractivity contribution is -0.123. The van der Waals surface area contributed by atoms with Crippen LogP contribution in [0.25, 0.3) is 17.2 Å². The van der Waals surface area contributed by atoms with E-state index in [-0.39, 0.29) is 17.6 Å². The molecule has 3 aromatic carbocycles. The van der Waals surface area contributed by atoms with Gasteiger partial charge < -0.3 is 9.80 Å². The Balaban J connectivity index is 1.63. The second-order valence-corrected chi connectivity index (χ2v) is 10.5. The fourth-order valence-corrected chi connectivity index (χ4v) is 5.09. The molecule has 37 heavy (non-hydrogen) atoms. The molecule has 0 saturated heterocycles. The van der Waals surface area contributed by atoms with E-state index < -0.39 is 0 Å². The van der Waals surface area contributed by atoms with Crippen molar-refractivity contribution in [2.75, 3.05) is 23.9 Å². The standard InChI is InChI=1S/C32H35ClN2O2/c1-23(36)12-13-24-8-7-11-30(20-24)35(32(37)26-9-5-4-6-10-26)22-28-15-14-27(21-31(28)33)25-16-18-29(19-17-25)34(2)3/h7-8,11-21,26H,4-6,9-10,22H2,1-3H3/b13-12+. The van der Waals surface area contributed by atoms with Gasteiger partial charge in [-0.2, -0.15) is 0 Å². The quantitative estimate of drug-likeness (QED) is 0.288. The molecule has 0 aliphatic heterocycles. The number of allylic oxidation sites excluding steroid dienone is 1. The summed E-state index contributed by atoms with van der Waals surface area (Å²) in [5, 5.41) is 0.642. The molecule has 4 nitrogen and oxygen atoms in total. The van der Waals surface area contributed by atoms with Crippen LogP contribution in [0, 0.1) is 5.92 Å². The predicted molar refractivity (Wildman–Crippen MR) is 155 cm³/mol. The van der Waals surface area contributed by atoms with E-state index in [1.165, 1.54) is 13.3 Å². The summed E-state index contributed by atoms with van der Waals surface area (Å²) in [6, 6.07) is 22.3. The Hall–Kier alpha value is -3.37. The molecule has 0 bridgehead atoms. The predicted octanol–water partition coefficient (Wildman–Crippen LogP) is 7.79. The van der Waals surface area contributed by atoms with E-state index in [9.17, 15) is 9.59 Å². The lowest BCUT2D eigenvalue weighted by Gasteiger charge is -2.30. The SMILES string of the molecule is CC(=O)/C=C/c1cccc(N(Cc2ccc(-c3ccc(N(C)C)cc3)cc2Cl)C(=O)C2CCCCC2)c1. The average molecular weight is 515 g/mol. The highest BCUT2D eigenvalue weighted by Gasteiger charge is 2.27. The number of hydrogen-bond acceptors (Lipinski definition) is 3. The highest BCUT2D eigenvalue weighted by atomic mass is 35.5. The smallest absolute Gasteiger partial charge is 0.230 e. The maximum Gasteiger partial charge on any atom is 0.230 e. The van der Waals surface area contributed by atoms with Crippen molar-refractivity contribution in [1.82, 2.24) is 0 Å². The molecular formula is C32H35ClN2O2. The van der Waals surface area contributed by atoms with Crippen molar-refractivity contribution in [2.45, 2.75) is 45.6 Å². The first-order valence-corrected chi connectivity index (χ1v) is 13.4. The number of amides is 1. The molecule has 1 amide bonds. The molecule has 1 aliphatic rings. The largest absolute Gasteiger partial charge is 0.378 e. The van der Waals surface area contributed by atoms with Crippen LogP contribution in [0.3, 0.4) is 0 Å². The molecule has 0 spiro atoms. The molecular weight excluding hydrogens is 480 g/mol. The number of rotatable bonds is 8. The number of carbonyl (C=O) groups is 2. The third kappa shape index (κ3) is 6.90. The van der Waals surface area contributed by atoms with Gasteiger partial charge in [0.15, 0.2) is 5.78 Å². The highest BCUT2D eigenvalue weighted by Crippen LogP contribution is 2.32. The van der Waals surface area contributed by atoms with Crippen LogP contribution in [0.1, 0.15) is 50.2 Å².